The Bertz CT molecular complexity index is 367. The van der Waals surface area contributed by atoms with E-state index in [1.54, 1.807) is 0 Å². The average Bonchev–Trinajstić information content (AvgIpc) is 2.54. The zero-order chi connectivity index (χ0) is 16.4. The van der Waals surface area contributed by atoms with Crippen LogP contribution >= 0.6 is 0 Å². The molecule has 6 heteroatoms. The monoisotopic (exact) mass is 330 g/mol. The Morgan fingerprint density at radius 1 is 0.905 bits per heavy atom. The molecule has 0 aromatic heterocycles. The van der Waals surface area contributed by atoms with Gasteiger partial charge in [-0.2, -0.15) is 0 Å². The fourth-order valence-electron chi connectivity index (χ4n) is 1.38. The van der Waals surface area contributed by atoms with Crippen LogP contribution in [0.3, 0.4) is 0 Å². The van der Waals surface area contributed by atoms with Gasteiger partial charge in [-0.3, -0.25) is 0 Å². The van der Waals surface area contributed by atoms with E-state index < -0.39 is 0 Å². The van der Waals surface area contributed by atoms with E-state index in [-0.39, 0.29) is 23.7 Å². The summed E-state index contributed by atoms with van der Waals surface area (Å²) in [5.74, 6) is 0. The molecule has 0 aliphatic carbocycles. The minimum Gasteiger partial charge on any atom is 0 e. The summed E-state index contributed by atoms with van der Waals surface area (Å²) in [6.45, 7) is 20.9. The van der Waals surface area contributed by atoms with Crippen molar-refractivity contribution in [3.63, 3.8) is 0 Å². The summed E-state index contributed by atoms with van der Waals surface area (Å²) in [7, 11) is 0. The average molecular weight is 330 g/mol. The van der Waals surface area contributed by atoms with Gasteiger partial charge in [-0.05, 0) is 26.3 Å². The van der Waals surface area contributed by atoms with Gasteiger partial charge in [-0.25, -0.2) is 0 Å². The fourth-order valence-corrected chi connectivity index (χ4v) is 1.38. The van der Waals surface area contributed by atoms with Crippen LogP contribution in [0.15, 0.2) is 24.3 Å². The molecule has 0 radical (unpaired) electrons. The first-order valence-corrected chi connectivity index (χ1v) is 5.69. The Morgan fingerprint density at radius 3 is 1.62 bits per heavy atom. The summed E-state index contributed by atoms with van der Waals surface area (Å²) < 4.78 is 33.6. The first kappa shape index (κ1) is 28.1. The van der Waals surface area contributed by atoms with Gasteiger partial charge in [0.25, 0.3) is 0 Å². The van der Waals surface area contributed by atoms with E-state index in [0.717, 1.165) is 5.56 Å². The van der Waals surface area contributed by atoms with Gasteiger partial charge in [0, 0.05) is 36.1 Å². The normalized spacial score (nSPS) is 7.52. The standard InChI is InChI=1S/C12H18O2.3CO.Cr/c1-4-13-12(14-5-2)11-9-7-6-8-10(11)3;3*1-2;/h6-9,12H,4-5H2,1-3H3;;;;. The third-order valence-electron chi connectivity index (χ3n) is 2.08. The van der Waals surface area contributed by atoms with E-state index in [0.29, 0.717) is 13.2 Å². The zero-order valence-corrected chi connectivity index (χ0v) is 13.5. The first-order valence-electron chi connectivity index (χ1n) is 5.69. The van der Waals surface area contributed by atoms with Crippen molar-refractivity contribution in [3.05, 3.63) is 55.3 Å². The molecule has 0 saturated heterocycles. The minimum absolute atomic E-state index is 0. The van der Waals surface area contributed by atoms with Gasteiger partial charge < -0.3 is 9.47 Å². The molecular formula is C15H18CrO5. The molecule has 5 nitrogen and oxygen atoms in total. The zero-order valence-electron chi connectivity index (χ0n) is 12.3. The first-order chi connectivity index (χ1) is 9.79. The van der Waals surface area contributed by atoms with Crippen molar-refractivity contribution in [2.24, 2.45) is 0 Å². The third kappa shape index (κ3) is 13.6. The maximum absolute atomic E-state index is 7.50. The van der Waals surface area contributed by atoms with Gasteiger partial charge in [0.15, 0.2) is 6.29 Å². The Labute approximate surface area is 136 Å². The summed E-state index contributed by atoms with van der Waals surface area (Å²) in [5.41, 5.74) is 2.33. The molecule has 0 heterocycles. The predicted octanol–water partition coefficient (Wildman–Crippen LogP) is 2.95. The second-order valence-corrected chi connectivity index (χ2v) is 3.10. The molecule has 0 aliphatic heterocycles. The van der Waals surface area contributed by atoms with Gasteiger partial charge in [0.2, 0.25) is 0 Å². The molecule has 0 aliphatic rings. The number of rotatable bonds is 5. The number of ether oxygens (including phenoxy) is 2. The molecular weight excluding hydrogens is 312 g/mol. The molecule has 1 aromatic rings. The molecule has 21 heavy (non-hydrogen) atoms. The van der Waals surface area contributed by atoms with E-state index in [1.807, 2.05) is 32.0 Å². The third-order valence-corrected chi connectivity index (χ3v) is 2.08. The largest absolute Gasteiger partial charge is 0 e. The van der Waals surface area contributed by atoms with E-state index >= 15 is 0 Å². The molecule has 0 bridgehead atoms. The van der Waals surface area contributed by atoms with Gasteiger partial charge in [0.05, 0.1) is 0 Å². The van der Waals surface area contributed by atoms with Crippen LogP contribution in [0.4, 0.5) is 0 Å². The SMILES string of the molecule is CCOC(OCC)c1ccccc1C.[C-]#[O+].[C-]#[O+].[C-]#[O+].[Cr]. The maximum atomic E-state index is 7.50. The molecule has 0 atom stereocenters. The quantitative estimate of drug-likeness (QED) is 0.473. The Balaban J connectivity index is -0.000000183. The van der Waals surface area contributed by atoms with Gasteiger partial charge in [-0.1, -0.05) is 24.3 Å². The molecule has 114 valence electrons. The minimum atomic E-state index is -0.216. The van der Waals surface area contributed by atoms with Gasteiger partial charge in [-0.15, -0.1) is 0 Å². The second kappa shape index (κ2) is 23.9. The van der Waals surface area contributed by atoms with Crippen LogP contribution in [-0.4, -0.2) is 13.2 Å². The van der Waals surface area contributed by atoms with Crippen LogP contribution in [0.5, 0.6) is 0 Å². The van der Waals surface area contributed by atoms with Crippen LogP contribution in [0.1, 0.15) is 31.3 Å². The summed E-state index contributed by atoms with van der Waals surface area (Å²) in [6.07, 6.45) is -0.216. The van der Waals surface area contributed by atoms with Gasteiger partial charge in [0.1, 0.15) is 0 Å². The summed E-state index contributed by atoms with van der Waals surface area (Å²) >= 11 is 0. The van der Waals surface area contributed by atoms with Crippen molar-refractivity contribution in [1.82, 2.24) is 0 Å². The van der Waals surface area contributed by atoms with Crippen LogP contribution < -0.4 is 0 Å². The molecule has 0 unspecified atom stereocenters. The topological polar surface area (TPSA) is 78.2 Å². The smallest absolute Gasteiger partial charge is 0 e. The van der Waals surface area contributed by atoms with Crippen LogP contribution in [0.2, 0.25) is 0 Å². The fraction of sp³-hybridized carbons (Fsp3) is 0.400. The Kier molecular flexibility index (Phi) is 32.1. The van der Waals surface area contributed by atoms with Crippen molar-refractivity contribution in [2.45, 2.75) is 27.1 Å². The van der Waals surface area contributed by atoms with Crippen molar-refractivity contribution >= 4 is 0 Å². The van der Waals surface area contributed by atoms with E-state index in [1.165, 1.54) is 5.56 Å². The van der Waals surface area contributed by atoms with Crippen LogP contribution in [0, 0.1) is 26.9 Å². The molecule has 0 spiro atoms. The predicted molar refractivity (Wildman–Crippen MR) is 69.0 cm³/mol. The number of aryl methyl sites for hydroxylation is 1. The van der Waals surface area contributed by atoms with Crippen LogP contribution in [0.25, 0.3) is 0 Å². The molecule has 1 rings (SSSR count). The maximum Gasteiger partial charge on any atom is 0 e. The van der Waals surface area contributed by atoms with Crippen molar-refractivity contribution in [1.29, 1.82) is 0 Å². The molecule has 0 fully saturated rings. The van der Waals surface area contributed by atoms with Crippen molar-refractivity contribution < 1.29 is 40.8 Å². The van der Waals surface area contributed by atoms with Crippen molar-refractivity contribution in [3.8, 4) is 0 Å². The second-order valence-electron chi connectivity index (χ2n) is 3.10. The number of hydrogen-bond acceptors (Lipinski definition) is 2. The molecule has 0 saturated carbocycles. The van der Waals surface area contributed by atoms with Gasteiger partial charge >= 0.3 is 33.9 Å². The summed E-state index contributed by atoms with van der Waals surface area (Å²) in [5, 5.41) is 0. The molecule has 0 amide bonds. The number of benzene rings is 1. The number of hydrogen-bond donors (Lipinski definition) is 0. The molecule has 0 N–H and O–H groups in total. The van der Waals surface area contributed by atoms with Crippen LogP contribution in [-0.2, 0) is 40.8 Å². The van der Waals surface area contributed by atoms with E-state index in [4.69, 9.17) is 23.4 Å². The Hall–Kier alpha value is -1.11. The Morgan fingerprint density at radius 2 is 1.29 bits per heavy atom. The van der Waals surface area contributed by atoms with E-state index in [9.17, 15) is 0 Å². The summed E-state index contributed by atoms with van der Waals surface area (Å²) in [6, 6.07) is 8.15. The van der Waals surface area contributed by atoms with E-state index in [2.05, 4.69) is 32.9 Å². The van der Waals surface area contributed by atoms with Crippen molar-refractivity contribution in [2.75, 3.05) is 13.2 Å². The summed E-state index contributed by atoms with van der Waals surface area (Å²) in [4.78, 5) is 0. The molecule has 1 aromatic carbocycles.